The molecule has 0 aliphatic carbocycles. The Labute approximate surface area is 210 Å². The Bertz CT molecular complexity index is 1390. The minimum atomic E-state index is -4.20. The van der Waals surface area contributed by atoms with Gasteiger partial charge in [-0.3, -0.25) is 10.1 Å². The molecule has 15 nitrogen and oxygen atoms in total. The van der Waals surface area contributed by atoms with E-state index in [1.54, 1.807) is 26.8 Å². The second kappa shape index (κ2) is 10.7. The number of nitriles is 1. The number of carbonyl (C=O) groups excluding carboxylic acids is 1. The molecule has 1 aromatic heterocycles. The highest BCUT2D eigenvalue weighted by atomic mass is 32.2. The quantitative estimate of drug-likeness (QED) is 0.179. The smallest absolute Gasteiger partial charge is 0.373 e. The number of aliphatic carboxylic acids is 1. The van der Waals surface area contributed by atoms with Gasteiger partial charge in [0.1, 0.15) is 17.4 Å². The van der Waals surface area contributed by atoms with E-state index in [1.165, 1.54) is 12.1 Å². The van der Waals surface area contributed by atoms with Gasteiger partial charge in [0.05, 0.1) is 22.2 Å². The largest absolute Gasteiger partial charge is 0.480 e. The maximum Gasteiger partial charge on any atom is 0.373 e. The van der Waals surface area contributed by atoms with Gasteiger partial charge in [-0.15, -0.1) is 0 Å². The molecule has 2 unspecified atom stereocenters. The molecule has 0 bridgehead atoms. The molecule has 37 heavy (non-hydrogen) atoms. The number of hydrogen-bond donors (Lipinski definition) is 3. The lowest BCUT2D eigenvalue weighted by molar-refractivity contribution is -0.385. The number of carboxylic acids is 1. The zero-order valence-corrected chi connectivity index (χ0v) is 21.1. The molecule has 2 atom stereocenters. The van der Waals surface area contributed by atoms with Crippen molar-refractivity contribution in [1.82, 2.24) is 9.97 Å². The number of aliphatic hydroxyl groups excluding tert-OH is 1. The Morgan fingerprint density at radius 2 is 1.89 bits per heavy atom. The van der Waals surface area contributed by atoms with Crippen molar-refractivity contribution in [2.24, 2.45) is 0 Å². The number of rotatable bonds is 9. The summed E-state index contributed by atoms with van der Waals surface area (Å²) in [6.07, 6.45) is -0.874. The Morgan fingerprint density at radius 3 is 2.35 bits per heavy atom. The average Bonchev–Trinajstić information content (AvgIpc) is 2.74. The fourth-order valence-corrected chi connectivity index (χ4v) is 3.26. The number of anilines is 1. The first-order valence-corrected chi connectivity index (χ1v) is 12.2. The maximum absolute atomic E-state index is 12.6. The molecule has 1 aromatic carbocycles. The minimum absolute atomic E-state index is 0.0980. The third-order valence-electron chi connectivity index (χ3n) is 4.33. The Balaban J connectivity index is 2.72. The van der Waals surface area contributed by atoms with E-state index >= 15 is 0 Å². The molecule has 0 saturated carbocycles. The number of aliphatic hydroxyl groups is 1. The maximum atomic E-state index is 12.6. The number of ether oxygens (including phenoxy) is 2. The van der Waals surface area contributed by atoms with Crippen LogP contribution in [0.5, 0.6) is 11.6 Å². The zero-order chi connectivity index (χ0) is 28.3. The van der Waals surface area contributed by atoms with Gasteiger partial charge in [0.15, 0.2) is 6.04 Å². The van der Waals surface area contributed by atoms with E-state index in [4.69, 9.17) is 9.47 Å². The van der Waals surface area contributed by atoms with Gasteiger partial charge in [-0.2, -0.15) is 15.2 Å². The molecule has 0 spiro atoms. The van der Waals surface area contributed by atoms with E-state index in [2.05, 4.69) is 15.3 Å². The lowest BCUT2D eigenvalue weighted by Gasteiger charge is -2.20. The molecule has 0 aliphatic rings. The highest BCUT2D eigenvalue weighted by molar-refractivity contribution is 7.90. The molecule has 0 saturated heterocycles. The van der Waals surface area contributed by atoms with Crippen molar-refractivity contribution in [3.05, 3.63) is 39.4 Å². The highest BCUT2D eigenvalue weighted by Gasteiger charge is 2.34. The zero-order valence-electron chi connectivity index (χ0n) is 20.2. The van der Waals surface area contributed by atoms with Gasteiger partial charge in [-0.25, -0.2) is 18.0 Å². The van der Waals surface area contributed by atoms with Gasteiger partial charge in [0.25, 0.3) is 5.16 Å². The number of nitrogens with one attached hydrogen (secondary N) is 1. The molecule has 2 aromatic rings. The van der Waals surface area contributed by atoms with Crippen molar-refractivity contribution in [3.63, 3.8) is 0 Å². The van der Waals surface area contributed by atoms with Crippen LogP contribution in [-0.2, 0) is 19.4 Å². The fourth-order valence-electron chi connectivity index (χ4n) is 2.75. The number of carboxylic acid groups (broad SMARTS) is 1. The van der Waals surface area contributed by atoms with E-state index < -0.39 is 67.0 Å². The van der Waals surface area contributed by atoms with Crippen molar-refractivity contribution < 1.29 is 42.6 Å². The van der Waals surface area contributed by atoms with Crippen molar-refractivity contribution in [2.45, 2.75) is 50.6 Å². The second-order valence-corrected chi connectivity index (χ2v) is 10.6. The van der Waals surface area contributed by atoms with E-state index in [1.807, 2.05) is 0 Å². The van der Waals surface area contributed by atoms with Crippen molar-refractivity contribution >= 4 is 33.3 Å². The second-order valence-electron chi connectivity index (χ2n) is 8.66. The Morgan fingerprint density at radius 1 is 1.27 bits per heavy atom. The van der Waals surface area contributed by atoms with Gasteiger partial charge < -0.3 is 25.0 Å². The molecule has 0 aliphatic heterocycles. The predicted octanol–water partition coefficient (Wildman–Crippen LogP) is 1.65. The summed E-state index contributed by atoms with van der Waals surface area (Å²) in [5.41, 5.74) is -2.31. The summed E-state index contributed by atoms with van der Waals surface area (Å²) in [7, 11) is -4.20. The summed E-state index contributed by atoms with van der Waals surface area (Å²) in [6, 6.07) is 3.37. The topological polar surface area (TPSA) is 232 Å². The van der Waals surface area contributed by atoms with Crippen LogP contribution in [0.1, 0.15) is 43.6 Å². The van der Waals surface area contributed by atoms with Crippen molar-refractivity contribution in [3.8, 4) is 17.7 Å². The number of aromatic nitrogens is 2. The first-order valence-electron chi connectivity index (χ1n) is 10.3. The molecule has 3 N–H and O–H groups in total. The van der Waals surface area contributed by atoms with Crippen LogP contribution in [0.4, 0.5) is 11.5 Å². The van der Waals surface area contributed by atoms with Crippen LogP contribution in [0.25, 0.3) is 0 Å². The number of esters is 1. The fraction of sp³-hybridized carbons (Fsp3) is 0.381. The van der Waals surface area contributed by atoms with Gasteiger partial charge >= 0.3 is 23.5 Å². The molecule has 0 radical (unpaired) electrons. The lowest BCUT2D eigenvalue weighted by Crippen LogP contribution is -2.39. The van der Waals surface area contributed by atoms with Gasteiger partial charge in [0.2, 0.25) is 15.7 Å². The monoisotopic (exact) mass is 537 g/mol. The van der Waals surface area contributed by atoms with E-state index in [0.29, 0.717) is 6.26 Å². The van der Waals surface area contributed by atoms with Crippen LogP contribution in [0.15, 0.2) is 23.4 Å². The molecule has 198 valence electrons. The normalized spacial score (nSPS) is 13.1. The molecule has 2 rings (SSSR count). The first kappa shape index (κ1) is 28.9. The third-order valence-corrected chi connectivity index (χ3v) is 5.18. The molecule has 16 heteroatoms. The Kier molecular flexibility index (Phi) is 8.37. The minimum Gasteiger partial charge on any atom is -0.480 e. The summed E-state index contributed by atoms with van der Waals surface area (Å²) in [6.45, 7) is 5.88. The van der Waals surface area contributed by atoms with Crippen LogP contribution in [0, 0.1) is 21.4 Å². The lowest BCUT2D eigenvalue weighted by atomic mass is 10.1. The van der Waals surface area contributed by atoms with Crippen LogP contribution in [0.3, 0.4) is 0 Å². The van der Waals surface area contributed by atoms with Crippen LogP contribution >= 0.6 is 0 Å². The molecular formula is C21H23N5O10S. The summed E-state index contributed by atoms with van der Waals surface area (Å²) in [4.78, 5) is 42.1. The van der Waals surface area contributed by atoms with Gasteiger partial charge in [-0.1, -0.05) is 0 Å². The van der Waals surface area contributed by atoms with E-state index in [9.17, 15) is 43.6 Å². The van der Waals surface area contributed by atoms with Crippen LogP contribution in [-0.4, -0.2) is 69.5 Å². The first-order chi connectivity index (χ1) is 16.9. The number of hydrogen-bond acceptors (Lipinski definition) is 13. The van der Waals surface area contributed by atoms with E-state index in [0.717, 1.165) is 13.0 Å². The van der Waals surface area contributed by atoms with Gasteiger partial charge in [-0.05, 0) is 45.9 Å². The Hall–Kier alpha value is -4.36. The number of benzene rings is 1. The molecular weight excluding hydrogens is 514 g/mol. The highest BCUT2D eigenvalue weighted by Crippen LogP contribution is 2.37. The van der Waals surface area contributed by atoms with E-state index in [-0.39, 0.29) is 16.9 Å². The summed E-state index contributed by atoms with van der Waals surface area (Å²) >= 11 is 0. The SMILES string of the molecule is CC(O)C(Nc1nc(S(C)(=O)=O)nc(Oc2ccc(C#N)c(C(=O)OC(C)(C)C)c2)c1[N+](=O)[O-])C(=O)O. The standard InChI is InChI=1S/C21H23N5O10S/c1-10(27)14(18(28)29)23-16-15(26(31)32)17(25-20(24-16)37(5,33)34)35-12-7-6-11(9-22)13(8-12)19(30)36-21(2,3)4/h6-8,10,14,27H,1-5H3,(H,28,29)(H,23,24,25). The number of carbonyl (C=O) groups is 2. The summed E-state index contributed by atoms with van der Waals surface area (Å²) in [5.74, 6) is -4.55. The molecule has 1 heterocycles. The average molecular weight is 538 g/mol. The number of sulfone groups is 1. The number of nitrogens with zero attached hydrogens (tertiary/aromatic N) is 4. The molecule has 0 fully saturated rings. The summed E-state index contributed by atoms with van der Waals surface area (Å²) < 4.78 is 35.0. The van der Waals surface area contributed by atoms with Crippen LogP contribution in [0.2, 0.25) is 0 Å². The van der Waals surface area contributed by atoms with Gasteiger partial charge in [0, 0.05) is 6.26 Å². The predicted molar refractivity (Wildman–Crippen MR) is 125 cm³/mol. The third kappa shape index (κ3) is 7.32. The number of nitro groups is 1. The van der Waals surface area contributed by atoms with Crippen LogP contribution < -0.4 is 10.1 Å². The van der Waals surface area contributed by atoms with Crippen molar-refractivity contribution in [1.29, 1.82) is 5.26 Å². The van der Waals surface area contributed by atoms with Crippen molar-refractivity contribution in [2.75, 3.05) is 11.6 Å². The molecule has 0 amide bonds. The summed E-state index contributed by atoms with van der Waals surface area (Å²) in [5, 5.41) is 41.5.